The highest BCUT2D eigenvalue weighted by molar-refractivity contribution is 6.34. The smallest absolute Gasteiger partial charge is 0.257 e. The van der Waals surface area contributed by atoms with Gasteiger partial charge < -0.3 is 10.1 Å². The van der Waals surface area contributed by atoms with Crippen molar-refractivity contribution in [1.29, 1.82) is 5.26 Å². The summed E-state index contributed by atoms with van der Waals surface area (Å²) in [7, 11) is 1.47. The summed E-state index contributed by atoms with van der Waals surface area (Å²) in [4.78, 5) is 12.2. The van der Waals surface area contributed by atoms with E-state index in [0.717, 1.165) is 0 Å². The number of halogens is 1. The Bertz CT molecular complexity index is 693. The summed E-state index contributed by atoms with van der Waals surface area (Å²) in [5.41, 5.74) is 0.996. The second-order valence-corrected chi connectivity index (χ2v) is 4.34. The van der Waals surface area contributed by atoms with Crippen LogP contribution in [0.2, 0.25) is 5.02 Å². The minimum atomic E-state index is -0.392. The second-order valence-electron chi connectivity index (χ2n) is 3.93. The molecule has 0 radical (unpaired) electrons. The zero-order chi connectivity index (χ0) is 14.5. The summed E-state index contributed by atoms with van der Waals surface area (Å²) >= 11 is 5.98. The number of hydrogen-bond donors (Lipinski definition) is 1. The van der Waals surface area contributed by atoms with Crippen LogP contribution in [0, 0.1) is 11.3 Å². The van der Waals surface area contributed by atoms with E-state index in [2.05, 4.69) is 5.32 Å². The van der Waals surface area contributed by atoms with Crippen molar-refractivity contribution in [2.24, 2.45) is 0 Å². The second kappa shape index (κ2) is 6.09. The lowest BCUT2D eigenvalue weighted by Crippen LogP contribution is -2.14. The lowest BCUT2D eigenvalue weighted by Gasteiger charge is -2.12. The maximum atomic E-state index is 12.2. The first kappa shape index (κ1) is 13.9. The highest BCUT2D eigenvalue weighted by Crippen LogP contribution is 2.29. The average molecular weight is 287 g/mol. The minimum Gasteiger partial charge on any atom is -0.495 e. The van der Waals surface area contributed by atoms with E-state index in [-0.39, 0.29) is 0 Å². The molecule has 0 heterocycles. The maximum absolute atomic E-state index is 12.2. The Morgan fingerprint density at radius 2 is 2.00 bits per heavy atom. The Labute approximate surface area is 121 Å². The minimum absolute atomic E-state index is 0.324. The van der Waals surface area contributed by atoms with Crippen molar-refractivity contribution in [3.05, 3.63) is 58.6 Å². The van der Waals surface area contributed by atoms with E-state index in [1.54, 1.807) is 42.5 Å². The van der Waals surface area contributed by atoms with E-state index in [1.165, 1.54) is 7.11 Å². The third-order valence-electron chi connectivity index (χ3n) is 2.72. The predicted octanol–water partition coefficient (Wildman–Crippen LogP) is 3.47. The number of hydrogen-bond acceptors (Lipinski definition) is 3. The van der Waals surface area contributed by atoms with Crippen LogP contribution in [0.4, 0.5) is 5.69 Å². The summed E-state index contributed by atoms with van der Waals surface area (Å²) in [5.74, 6) is 0.0288. The molecule has 0 atom stereocenters. The summed E-state index contributed by atoms with van der Waals surface area (Å²) < 4.78 is 5.16. The van der Waals surface area contributed by atoms with Crippen LogP contribution in [0.3, 0.4) is 0 Å². The number of anilines is 1. The zero-order valence-electron chi connectivity index (χ0n) is 10.7. The third kappa shape index (κ3) is 2.73. The van der Waals surface area contributed by atoms with Crippen molar-refractivity contribution < 1.29 is 9.53 Å². The zero-order valence-corrected chi connectivity index (χ0v) is 11.4. The third-order valence-corrected chi connectivity index (χ3v) is 3.05. The fourth-order valence-electron chi connectivity index (χ4n) is 1.75. The van der Waals surface area contributed by atoms with Gasteiger partial charge in [-0.05, 0) is 24.3 Å². The van der Waals surface area contributed by atoms with Crippen LogP contribution in [0.15, 0.2) is 42.5 Å². The van der Waals surface area contributed by atoms with Gasteiger partial charge in [-0.25, -0.2) is 0 Å². The number of ether oxygens (including phenoxy) is 1. The Balaban J connectivity index is 2.38. The molecule has 20 heavy (non-hydrogen) atoms. The molecule has 0 aromatic heterocycles. The van der Waals surface area contributed by atoms with Gasteiger partial charge in [-0.2, -0.15) is 5.26 Å². The van der Waals surface area contributed by atoms with Gasteiger partial charge in [-0.1, -0.05) is 29.8 Å². The molecule has 0 aliphatic carbocycles. The molecule has 2 aromatic rings. The molecule has 0 unspecified atom stereocenters. The largest absolute Gasteiger partial charge is 0.495 e. The van der Waals surface area contributed by atoms with Crippen molar-refractivity contribution in [3.8, 4) is 11.8 Å². The number of rotatable bonds is 3. The van der Waals surface area contributed by atoms with Crippen LogP contribution in [0.1, 0.15) is 15.9 Å². The summed E-state index contributed by atoms with van der Waals surface area (Å²) in [6.07, 6.45) is 0. The lowest BCUT2D eigenvalue weighted by molar-refractivity contribution is 0.102. The number of carbonyl (C=O) groups is 1. The van der Waals surface area contributed by atoms with Gasteiger partial charge >= 0.3 is 0 Å². The van der Waals surface area contributed by atoms with Crippen molar-refractivity contribution in [1.82, 2.24) is 0 Å². The van der Waals surface area contributed by atoms with Gasteiger partial charge in [0.25, 0.3) is 5.91 Å². The fourth-order valence-corrected chi connectivity index (χ4v) is 1.97. The van der Waals surface area contributed by atoms with Crippen molar-refractivity contribution in [2.75, 3.05) is 12.4 Å². The van der Waals surface area contributed by atoms with Crippen molar-refractivity contribution in [2.45, 2.75) is 0 Å². The van der Waals surface area contributed by atoms with Gasteiger partial charge in [0.2, 0.25) is 0 Å². The van der Waals surface area contributed by atoms with Gasteiger partial charge in [0.1, 0.15) is 17.5 Å². The average Bonchev–Trinajstić information content (AvgIpc) is 2.47. The standard InChI is InChI=1S/C15H11ClN2O2/c1-20-13-8-4-5-10(9-17)14(13)18-15(19)11-6-2-3-7-12(11)16/h2-8H,1H3,(H,18,19). The van der Waals surface area contributed by atoms with Crippen LogP contribution in [-0.2, 0) is 0 Å². The van der Waals surface area contributed by atoms with Crippen molar-refractivity contribution >= 4 is 23.2 Å². The van der Waals surface area contributed by atoms with E-state index < -0.39 is 5.91 Å². The number of benzene rings is 2. The number of nitrogens with one attached hydrogen (secondary N) is 1. The maximum Gasteiger partial charge on any atom is 0.257 e. The normalized spacial score (nSPS) is 9.65. The molecular weight excluding hydrogens is 276 g/mol. The number of nitrogens with zero attached hydrogens (tertiary/aromatic N) is 1. The van der Waals surface area contributed by atoms with Crippen LogP contribution >= 0.6 is 11.6 Å². The van der Waals surface area contributed by atoms with Crippen LogP contribution in [0.5, 0.6) is 5.75 Å². The van der Waals surface area contributed by atoms with Gasteiger partial charge in [0, 0.05) is 0 Å². The molecule has 0 saturated carbocycles. The molecule has 0 aliphatic rings. The van der Waals surface area contributed by atoms with E-state index in [4.69, 9.17) is 21.6 Å². The van der Waals surface area contributed by atoms with Gasteiger partial charge in [-0.15, -0.1) is 0 Å². The number of amides is 1. The molecule has 100 valence electrons. The number of nitriles is 1. The van der Waals surface area contributed by atoms with Crippen LogP contribution < -0.4 is 10.1 Å². The molecule has 2 rings (SSSR count). The van der Waals surface area contributed by atoms with Crippen LogP contribution in [0.25, 0.3) is 0 Å². The Kier molecular flexibility index (Phi) is 4.24. The molecule has 0 spiro atoms. The molecule has 4 nitrogen and oxygen atoms in total. The first-order chi connectivity index (χ1) is 9.67. The van der Waals surface area contributed by atoms with Gasteiger partial charge in [0.15, 0.2) is 0 Å². The number of para-hydroxylation sites is 1. The molecular formula is C15H11ClN2O2. The number of carbonyl (C=O) groups excluding carboxylic acids is 1. The predicted molar refractivity (Wildman–Crippen MR) is 77.1 cm³/mol. The number of methoxy groups -OCH3 is 1. The SMILES string of the molecule is COc1cccc(C#N)c1NC(=O)c1ccccc1Cl. The molecule has 0 bridgehead atoms. The lowest BCUT2D eigenvalue weighted by atomic mass is 10.1. The van der Waals surface area contributed by atoms with Gasteiger partial charge in [0.05, 0.1) is 23.3 Å². The first-order valence-corrected chi connectivity index (χ1v) is 6.18. The Morgan fingerprint density at radius 1 is 1.25 bits per heavy atom. The Morgan fingerprint density at radius 3 is 2.65 bits per heavy atom. The summed E-state index contributed by atoms with van der Waals surface area (Å²) in [5, 5.41) is 12.1. The van der Waals surface area contributed by atoms with Crippen LogP contribution in [-0.4, -0.2) is 13.0 Å². The molecule has 0 fully saturated rings. The fraction of sp³-hybridized carbons (Fsp3) is 0.0667. The first-order valence-electron chi connectivity index (χ1n) is 5.80. The van der Waals surface area contributed by atoms with E-state index >= 15 is 0 Å². The molecule has 0 aliphatic heterocycles. The van der Waals surface area contributed by atoms with E-state index in [1.807, 2.05) is 6.07 Å². The topological polar surface area (TPSA) is 62.1 Å². The monoisotopic (exact) mass is 286 g/mol. The Hall–Kier alpha value is -2.51. The molecule has 1 N–H and O–H groups in total. The van der Waals surface area contributed by atoms with E-state index in [9.17, 15) is 4.79 Å². The molecule has 2 aromatic carbocycles. The molecule has 0 saturated heterocycles. The molecule has 1 amide bonds. The summed E-state index contributed by atoms with van der Waals surface area (Å²) in [6, 6.07) is 13.7. The highest BCUT2D eigenvalue weighted by Gasteiger charge is 2.15. The molecule has 5 heteroatoms. The highest BCUT2D eigenvalue weighted by atomic mass is 35.5. The van der Waals surface area contributed by atoms with E-state index in [0.29, 0.717) is 27.6 Å². The van der Waals surface area contributed by atoms with Crippen molar-refractivity contribution in [3.63, 3.8) is 0 Å². The van der Waals surface area contributed by atoms with Gasteiger partial charge in [-0.3, -0.25) is 4.79 Å². The quantitative estimate of drug-likeness (QED) is 0.939. The summed E-state index contributed by atoms with van der Waals surface area (Å²) in [6.45, 7) is 0.